The number of carbonyl (C=O) groups is 1. The molecular weight excluding hydrogens is 370 g/mol. The maximum atomic E-state index is 12.0. The SMILES string of the molecule is CC(C)(O)C1CC(C#Cc2cc(CC[C@](C)(C(=O)CO)S(C)(=O)=O)no2)C1. The molecule has 0 unspecified atom stereocenters. The van der Waals surface area contributed by atoms with Crippen molar-refractivity contribution >= 4 is 15.6 Å². The van der Waals surface area contributed by atoms with Crippen molar-refractivity contribution in [1.82, 2.24) is 5.16 Å². The Hall–Kier alpha value is -1.69. The highest BCUT2D eigenvalue weighted by molar-refractivity contribution is 7.92. The molecule has 7 nitrogen and oxygen atoms in total. The van der Waals surface area contributed by atoms with Crippen molar-refractivity contribution in [3.8, 4) is 11.8 Å². The van der Waals surface area contributed by atoms with Crippen LogP contribution in [-0.2, 0) is 21.1 Å². The van der Waals surface area contributed by atoms with Gasteiger partial charge in [-0.05, 0) is 58.3 Å². The number of aromatic nitrogens is 1. The second-order valence-electron chi connectivity index (χ2n) is 8.06. The lowest BCUT2D eigenvalue weighted by Crippen LogP contribution is -2.45. The van der Waals surface area contributed by atoms with Crippen molar-refractivity contribution in [3.63, 3.8) is 0 Å². The molecule has 1 aromatic heterocycles. The third-order valence-electron chi connectivity index (χ3n) is 5.51. The number of aliphatic hydroxyl groups excluding tert-OH is 1. The van der Waals surface area contributed by atoms with Crippen LogP contribution in [0.1, 0.15) is 51.5 Å². The van der Waals surface area contributed by atoms with Crippen molar-refractivity contribution in [2.75, 3.05) is 12.9 Å². The number of sulfone groups is 1. The number of carbonyl (C=O) groups excluding carboxylic acids is 1. The van der Waals surface area contributed by atoms with Crippen LogP contribution in [0.2, 0.25) is 0 Å². The van der Waals surface area contributed by atoms with E-state index in [1.807, 2.05) is 0 Å². The van der Waals surface area contributed by atoms with Crippen LogP contribution in [0, 0.1) is 23.7 Å². The molecule has 1 aliphatic carbocycles. The van der Waals surface area contributed by atoms with Gasteiger partial charge < -0.3 is 14.7 Å². The quantitative estimate of drug-likeness (QED) is 0.662. The van der Waals surface area contributed by atoms with Gasteiger partial charge in [0.2, 0.25) is 5.76 Å². The first kappa shape index (κ1) is 21.6. The van der Waals surface area contributed by atoms with Crippen LogP contribution in [0.25, 0.3) is 0 Å². The first-order valence-corrected chi connectivity index (χ1v) is 10.8. The summed E-state index contributed by atoms with van der Waals surface area (Å²) in [6.07, 6.45) is 2.88. The van der Waals surface area contributed by atoms with E-state index in [2.05, 4.69) is 17.0 Å². The predicted octanol–water partition coefficient (Wildman–Crippen LogP) is 1.12. The summed E-state index contributed by atoms with van der Waals surface area (Å²) in [5, 5.41) is 22.9. The molecule has 27 heavy (non-hydrogen) atoms. The molecule has 1 heterocycles. The van der Waals surface area contributed by atoms with Crippen LogP contribution in [0.15, 0.2) is 10.6 Å². The maximum Gasteiger partial charge on any atom is 0.209 e. The number of aryl methyl sites for hydroxylation is 1. The van der Waals surface area contributed by atoms with Crippen molar-refractivity contribution in [1.29, 1.82) is 0 Å². The van der Waals surface area contributed by atoms with Gasteiger partial charge in [0, 0.05) is 18.2 Å². The van der Waals surface area contributed by atoms with E-state index >= 15 is 0 Å². The summed E-state index contributed by atoms with van der Waals surface area (Å²) in [5.41, 5.74) is -0.182. The number of hydrogen-bond acceptors (Lipinski definition) is 7. The fraction of sp³-hybridized carbons (Fsp3) is 0.684. The summed E-state index contributed by atoms with van der Waals surface area (Å²) >= 11 is 0. The molecule has 2 rings (SSSR count). The van der Waals surface area contributed by atoms with Gasteiger partial charge in [-0.15, -0.1) is 0 Å². The van der Waals surface area contributed by atoms with E-state index in [4.69, 9.17) is 9.63 Å². The minimum atomic E-state index is -3.69. The number of nitrogens with zero attached hydrogens (tertiary/aromatic N) is 1. The molecule has 2 N–H and O–H groups in total. The summed E-state index contributed by atoms with van der Waals surface area (Å²) < 4.78 is 27.5. The number of rotatable bonds is 7. The smallest absolute Gasteiger partial charge is 0.209 e. The molecule has 8 heteroatoms. The van der Waals surface area contributed by atoms with Crippen LogP contribution in [0.4, 0.5) is 0 Å². The lowest BCUT2D eigenvalue weighted by molar-refractivity contribution is -0.124. The Kier molecular flexibility index (Phi) is 6.19. The van der Waals surface area contributed by atoms with Crippen LogP contribution in [0.3, 0.4) is 0 Å². The molecule has 1 fully saturated rings. The Balaban J connectivity index is 1.97. The van der Waals surface area contributed by atoms with Gasteiger partial charge >= 0.3 is 0 Å². The van der Waals surface area contributed by atoms with E-state index in [0.29, 0.717) is 11.5 Å². The Morgan fingerprint density at radius 1 is 1.37 bits per heavy atom. The van der Waals surface area contributed by atoms with Crippen molar-refractivity contribution in [3.05, 3.63) is 17.5 Å². The Labute approximate surface area is 160 Å². The number of aliphatic hydroxyl groups is 2. The van der Waals surface area contributed by atoms with Crippen LogP contribution >= 0.6 is 0 Å². The molecule has 1 atom stereocenters. The van der Waals surface area contributed by atoms with Gasteiger partial charge in [-0.1, -0.05) is 11.1 Å². The summed E-state index contributed by atoms with van der Waals surface area (Å²) in [6, 6.07) is 1.63. The molecule has 1 aromatic rings. The number of hydrogen-bond donors (Lipinski definition) is 2. The third-order valence-corrected chi connectivity index (χ3v) is 7.57. The Morgan fingerprint density at radius 2 is 2.00 bits per heavy atom. The molecule has 0 aliphatic heterocycles. The molecular formula is C19H27NO6S. The molecule has 0 aromatic carbocycles. The average Bonchev–Trinajstić information content (AvgIpc) is 2.95. The molecule has 0 spiro atoms. The van der Waals surface area contributed by atoms with Gasteiger partial charge in [-0.25, -0.2) is 8.42 Å². The van der Waals surface area contributed by atoms with Crippen LogP contribution < -0.4 is 0 Å². The fourth-order valence-electron chi connectivity index (χ4n) is 3.04. The van der Waals surface area contributed by atoms with Crippen LogP contribution in [0.5, 0.6) is 0 Å². The zero-order valence-corrected chi connectivity index (χ0v) is 17.0. The second kappa shape index (κ2) is 7.74. The minimum Gasteiger partial charge on any atom is -0.390 e. The van der Waals surface area contributed by atoms with E-state index in [0.717, 1.165) is 19.1 Å². The van der Waals surface area contributed by atoms with E-state index in [1.165, 1.54) is 6.92 Å². The van der Waals surface area contributed by atoms with Gasteiger partial charge in [0.25, 0.3) is 0 Å². The lowest BCUT2D eigenvalue weighted by Gasteiger charge is -2.40. The zero-order valence-electron chi connectivity index (χ0n) is 16.2. The summed E-state index contributed by atoms with van der Waals surface area (Å²) in [4.78, 5) is 11.9. The van der Waals surface area contributed by atoms with Crippen molar-refractivity contribution < 1.29 is 27.9 Å². The highest BCUT2D eigenvalue weighted by Crippen LogP contribution is 2.40. The Morgan fingerprint density at radius 3 is 2.52 bits per heavy atom. The highest BCUT2D eigenvalue weighted by atomic mass is 32.2. The zero-order chi connectivity index (χ0) is 20.5. The number of ketones is 1. The molecule has 1 saturated carbocycles. The molecule has 0 radical (unpaired) electrons. The van der Waals surface area contributed by atoms with E-state index in [1.54, 1.807) is 19.9 Å². The lowest BCUT2D eigenvalue weighted by atomic mass is 9.68. The molecule has 1 aliphatic rings. The normalized spacial score (nSPS) is 22.3. The standard InChI is InChI=1S/C19H27NO6S/c1-18(2,23)14-9-13(10-14)5-6-16-11-15(20-26-16)7-8-19(3,17(22)12-21)27(4,24)25/h11,13-14,21,23H,7-10,12H2,1-4H3/t13?,14?,19-/m1/s1. The average molecular weight is 397 g/mol. The molecule has 0 amide bonds. The Bertz CT molecular complexity index is 849. The summed E-state index contributed by atoms with van der Waals surface area (Å²) in [5.74, 6) is 6.12. The number of Topliss-reactive ketones (excluding diaryl/α,β-unsaturated/α-hetero) is 1. The minimum absolute atomic E-state index is 0.000512. The summed E-state index contributed by atoms with van der Waals surface area (Å²) in [7, 11) is -3.69. The molecule has 150 valence electrons. The highest BCUT2D eigenvalue weighted by Gasteiger charge is 2.42. The largest absolute Gasteiger partial charge is 0.390 e. The fourth-order valence-corrected chi connectivity index (χ4v) is 3.99. The second-order valence-corrected chi connectivity index (χ2v) is 10.5. The van der Waals surface area contributed by atoms with Gasteiger partial charge in [0.05, 0.1) is 11.3 Å². The van der Waals surface area contributed by atoms with Gasteiger partial charge in [-0.2, -0.15) is 0 Å². The third kappa shape index (κ3) is 4.98. The van der Waals surface area contributed by atoms with Crippen molar-refractivity contribution in [2.24, 2.45) is 11.8 Å². The van der Waals surface area contributed by atoms with Crippen LogP contribution in [-0.4, -0.2) is 52.8 Å². The summed E-state index contributed by atoms with van der Waals surface area (Å²) in [6.45, 7) is 4.09. The van der Waals surface area contributed by atoms with Gasteiger partial charge in [-0.3, -0.25) is 4.79 Å². The molecule has 0 bridgehead atoms. The van der Waals surface area contributed by atoms with Gasteiger partial charge in [0.1, 0.15) is 11.4 Å². The topological polar surface area (TPSA) is 118 Å². The first-order chi connectivity index (χ1) is 12.4. The van der Waals surface area contributed by atoms with E-state index < -0.39 is 32.6 Å². The molecule has 0 saturated heterocycles. The van der Waals surface area contributed by atoms with Crippen molar-refractivity contribution in [2.45, 2.75) is 56.8 Å². The van der Waals surface area contributed by atoms with E-state index in [9.17, 15) is 18.3 Å². The monoisotopic (exact) mass is 397 g/mol. The first-order valence-electron chi connectivity index (χ1n) is 8.90. The predicted molar refractivity (Wildman–Crippen MR) is 99.6 cm³/mol. The maximum absolute atomic E-state index is 12.0. The van der Waals surface area contributed by atoms with Gasteiger partial charge in [0.15, 0.2) is 15.6 Å². The van der Waals surface area contributed by atoms with E-state index in [-0.39, 0.29) is 24.7 Å².